The van der Waals surface area contributed by atoms with E-state index in [1.807, 2.05) is 18.2 Å². The standard InChI is InChI=1S/C20H19N3O3/c24-19(21-12-14-10-11-26-13-14)18-16-8-4-5-9-17(16)20(25)23(22-18)15-6-2-1-3-7-15/h1-9,14H,10-13H2,(H,21,24)/t14-/m1/s1. The number of carbonyl (C=O) groups excluding carboxylic acids is 1. The van der Waals surface area contributed by atoms with E-state index in [1.54, 1.807) is 36.4 Å². The molecule has 0 saturated carbocycles. The lowest BCUT2D eigenvalue weighted by molar-refractivity contribution is 0.0940. The summed E-state index contributed by atoms with van der Waals surface area (Å²) in [5.41, 5.74) is 0.636. The minimum Gasteiger partial charge on any atom is -0.381 e. The van der Waals surface area contributed by atoms with E-state index < -0.39 is 0 Å². The van der Waals surface area contributed by atoms with Gasteiger partial charge in [0.25, 0.3) is 11.5 Å². The van der Waals surface area contributed by atoms with E-state index >= 15 is 0 Å². The highest BCUT2D eigenvalue weighted by Crippen LogP contribution is 2.16. The van der Waals surface area contributed by atoms with Crippen molar-refractivity contribution in [2.45, 2.75) is 6.42 Å². The number of hydrogen-bond donors (Lipinski definition) is 1. The third-order valence-electron chi connectivity index (χ3n) is 4.60. The Labute approximate surface area is 150 Å². The number of ether oxygens (including phenoxy) is 1. The van der Waals surface area contributed by atoms with Crippen molar-refractivity contribution in [1.29, 1.82) is 0 Å². The lowest BCUT2D eigenvalue weighted by Gasteiger charge is -2.13. The Kier molecular flexibility index (Phi) is 4.50. The van der Waals surface area contributed by atoms with Gasteiger partial charge < -0.3 is 10.1 Å². The lowest BCUT2D eigenvalue weighted by Crippen LogP contribution is -2.33. The monoisotopic (exact) mass is 349 g/mol. The van der Waals surface area contributed by atoms with Gasteiger partial charge in [-0.3, -0.25) is 9.59 Å². The van der Waals surface area contributed by atoms with Crippen molar-refractivity contribution in [3.05, 3.63) is 70.6 Å². The fourth-order valence-electron chi connectivity index (χ4n) is 3.17. The molecule has 1 aliphatic heterocycles. The summed E-state index contributed by atoms with van der Waals surface area (Å²) < 4.78 is 6.63. The Balaban J connectivity index is 1.76. The number of hydrogen-bond acceptors (Lipinski definition) is 4. The van der Waals surface area contributed by atoms with Gasteiger partial charge in [-0.05, 0) is 24.6 Å². The summed E-state index contributed by atoms with van der Waals surface area (Å²) in [6.07, 6.45) is 0.942. The van der Waals surface area contributed by atoms with Crippen LogP contribution in [-0.2, 0) is 4.74 Å². The topological polar surface area (TPSA) is 73.2 Å². The van der Waals surface area contributed by atoms with Crippen LogP contribution in [-0.4, -0.2) is 35.4 Å². The van der Waals surface area contributed by atoms with Crippen LogP contribution in [0.5, 0.6) is 0 Å². The van der Waals surface area contributed by atoms with Crippen LogP contribution in [0.15, 0.2) is 59.4 Å². The maximum absolute atomic E-state index is 12.8. The molecule has 132 valence electrons. The molecule has 0 aliphatic carbocycles. The van der Waals surface area contributed by atoms with Crippen molar-refractivity contribution in [1.82, 2.24) is 15.1 Å². The molecule has 4 rings (SSSR count). The molecule has 1 aliphatic rings. The summed E-state index contributed by atoms with van der Waals surface area (Å²) in [6.45, 7) is 1.94. The minimum atomic E-state index is -0.280. The fourth-order valence-corrected chi connectivity index (χ4v) is 3.17. The number of amides is 1. The van der Waals surface area contributed by atoms with E-state index in [9.17, 15) is 9.59 Å². The molecule has 2 heterocycles. The Morgan fingerprint density at radius 1 is 1.12 bits per heavy atom. The number of nitrogens with one attached hydrogen (secondary N) is 1. The third-order valence-corrected chi connectivity index (χ3v) is 4.60. The van der Waals surface area contributed by atoms with E-state index in [-0.39, 0.29) is 17.2 Å². The lowest BCUT2D eigenvalue weighted by atomic mass is 10.1. The summed E-state index contributed by atoms with van der Waals surface area (Å²) >= 11 is 0. The molecule has 1 atom stereocenters. The molecule has 2 aromatic carbocycles. The first-order chi connectivity index (χ1) is 12.7. The van der Waals surface area contributed by atoms with Crippen molar-refractivity contribution in [3.63, 3.8) is 0 Å². The molecule has 1 N–H and O–H groups in total. The van der Waals surface area contributed by atoms with Gasteiger partial charge in [-0.1, -0.05) is 36.4 Å². The summed E-state index contributed by atoms with van der Waals surface area (Å²) in [5.74, 6) is 0.0445. The van der Waals surface area contributed by atoms with E-state index in [0.717, 1.165) is 13.0 Å². The number of para-hydroxylation sites is 1. The van der Waals surface area contributed by atoms with Gasteiger partial charge in [0.05, 0.1) is 17.7 Å². The molecule has 1 aromatic heterocycles. The Bertz CT molecular complexity index is 992. The largest absolute Gasteiger partial charge is 0.381 e. The molecular formula is C20H19N3O3. The van der Waals surface area contributed by atoms with Gasteiger partial charge in [-0.25, -0.2) is 0 Å². The van der Waals surface area contributed by atoms with Gasteiger partial charge in [0.1, 0.15) is 0 Å². The quantitative estimate of drug-likeness (QED) is 0.783. The number of rotatable bonds is 4. The zero-order valence-electron chi connectivity index (χ0n) is 14.2. The van der Waals surface area contributed by atoms with Crippen molar-refractivity contribution in [2.24, 2.45) is 5.92 Å². The molecule has 3 aromatic rings. The molecule has 1 fully saturated rings. The number of fused-ring (bicyclic) bond motifs is 1. The van der Waals surface area contributed by atoms with Gasteiger partial charge in [0.15, 0.2) is 5.69 Å². The predicted octanol–water partition coefficient (Wildman–Crippen LogP) is 2.15. The van der Waals surface area contributed by atoms with Gasteiger partial charge >= 0.3 is 0 Å². The van der Waals surface area contributed by atoms with E-state index in [4.69, 9.17) is 4.74 Å². The van der Waals surface area contributed by atoms with Crippen LogP contribution in [0.4, 0.5) is 0 Å². The second kappa shape index (κ2) is 7.09. The zero-order chi connectivity index (χ0) is 17.9. The summed E-state index contributed by atoms with van der Waals surface area (Å²) in [6, 6.07) is 16.2. The van der Waals surface area contributed by atoms with Crippen LogP contribution in [0, 0.1) is 5.92 Å². The first-order valence-corrected chi connectivity index (χ1v) is 8.67. The van der Waals surface area contributed by atoms with Crippen molar-refractivity contribution in [2.75, 3.05) is 19.8 Å². The SMILES string of the molecule is O=C(NC[C@H]1CCOC1)c1nn(-c2ccccc2)c(=O)c2ccccc12. The third kappa shape index (κ3) is 3.11. The minimum absolute atomic E-state index is 0.243. The second-order valence-corrected chi connectivity index (χ2v) is 6.39. The average molecular weight is 349 g/mol. The molecule has 6 heteroatoms. The van der Waals surface area contributed by atoms with Crippen molar-refractivity contribution in [3.8, 4) is 5.69 Å². The summed E-state index contributed by atoms with van der Waals surface area (Å²) in [5, 5.41) is 8.34. The number of aromatic nitrogens is 2. The molecule has 0 radical (unpaired) electrons. The van der Waals surface area contributed by atoms with E-state index in [1.165, 1.54) is 4.68 Å². The highest BCUT2D eigenvalue weighted by molar-refractivity contribution is 6.04. The highest BCUT2D eigenvalue weighted by Gasteiger charge is 2.20. The smallest absolute Gasteiger partial charge is 0.279 e. The van der Waals surface area contributed by atoms with Gasteiger partial charge in [0, 0.05) is 24.5 Å². The summed E-state index contributed by atoms with van der Waals surface area (Å²) in [7, 11) is 0. The molecule has 0 bridgehead atoms. The first kappa shape index (κ1) is 16.5. The second-order valence-electron chi connectivity index (χ2n) is 6.39. The van der Waals surface area contributed by atoms with Crippen LogP contribution in [0.1, 0.15) is 16.9 Å². The van der Waals surface area contributed by atoms with Crippen LogP contribution >= 0.6 is 0 Å². The molecular weight excluding hydrogens is 330 g/mol. The molecule has 0 spiro atoms. The maximum Gasteiger partial charge on any atom is 0.279 e. The number of nitrogens with zero attached hydrogens (tertiary/aromatic N) is 2. The molecule has 1 saturated heterocycles. The molecule has 0 unspecified atom stereocenters. The van der Waals surface area contributed by atoms with Crippen LogP contribution in [0.2, 0.25) is 0 Å². The van der Waals surface area contributed by atoms with Gasteiger partial charge in [-0.15, -0.1) is 0 Å². The highest BCUT2D eigenvalue weighted by atomic mass is 16.5. The Morgan fingerprint density at radius 2 is 1.85 bits per heavy atom. The number of benzene rings is 2. The van der Waals surface area contributed by atoms with Crippen LogP contribution in [0.3, 0.4) is 0 Å². The zero-order valence-corrected chi connectivity index (χ0v) is 14.2. The average Bonchev–Trinajstić information content (AvgIpc) is 3.21. The Hall–Kier alpha value is -2.99. The predicted molar refractivity (Wildman–Crippen MR) is 98.6 cm³/mol. The summed E-state index contributed by atoms with van der Waals surface area (Å²) in [4.78, 5) is 25.6. The normalized spacial score (nSPS) is 16.7. The van der Waals surface area contributed by atoms with Gasteiger partial charge in [-0.2, -0.15) is 9.78 Å². The van der Waals surface area contributed by atoms with E-state index in [0.29, 0.717) is 35.5 Å². The van der Waals surface area contributed by atoms with Crippen molar-refractivity contribution < 1.29 is 9.53 Å². The fraction of sp³-hybridized carbons (Fsp3) is 0.250. The van der Waals surface area contributed by atoms with Crippen LogP contribution in [0.25, 0.3) is 16.5 Å². The molecule has 6 nitrogen and oxygen atoms in total. The molecule has 1 amide bonds. The van der Waals surface area contributed by atoms with Gasteiger partial charge in [0.2, 0.25) is 0 Å². The first-order valence-electron chi connectivity index (χ1n) is 8.67. The molecule has 26 heavy (non-hydrogen) atoms. The van der Waals surface area contributed by atoms with Crippen LogP contribution < -0.4 is 10.9 Å². The van der Waals surface area contributed by atoms with E-state index in [2.05, 4.69) is 10.4 Å². The number of carbonyl (C=O) groups is 1. The Morgan fingerprint density at radius 3 is 2.58 bits per heavy atom. The van der Waals surface area contributed by atoms with Crippen molar-refractivity contribution >= 4 is 16.7 Å². The maximum atomic E-state index is 12.8.